The molecule has 1 amide bonds. The third kappa shape index (κ3) is 4.12. The molecule has 0 spiro atoms. The van der Waals surface area contributed by atoms with Crippen LogP contribution in [-0.2, 0) is 27.6 Å². The third-order valence-electron chi connectivity index (χ3n) is 4.49. The summed E-state index contributed by atoms with van der Waals surface area (Å²) in [6.07, 6.45) is 4.29. The summed E-state index contributed by atoms with van der Waals surface area (Å²) in [6, 6.07) is 3.27. The minimum atomic E-state index is -3.16. The van der Waals surface area contributed by atoms with Crippen LogP contribution in [-0.4, -0.2) is 47.1 Å². The second kappa shape index (κ2) is 7.03. The Morgan fingerprint density at radius 2 is 2.20 bits per heavy atom. The molecule has 136 valence electrons. The summed E-state index contributed by atoms with van der Waals surface area (Å²) in [5.74, 6) is 1.49. The molecular weight excluding hydrogens is 342 g/mol. The lowest BCUT2D eigenvalue weighted by Crippen LogP contribution is -2.46. The van der Waals surface area contributed by atoms with Gasteiger partial charge in [0.1, 0.15) is 11.5 Å². The summed E-state index contributed by atoms with van der Waals surface area (Å²) in [7, 11) is -3.16. The van der Waals surface area contributed by atoms with E-state index in [1.807, 2.05) is 32.2 Å². The van der Waals surface area contributed by atoms with Crippen molar-refractivity contribution >= 4 is 15.7 Å². The molecule has 3 rings (SSSR count). The number of carbonyl (C=O) groups is 1. The van der Waals surface area contributed by atoms with E-state index in [0.717, 1.165) is 17.1 Å². The Labute approximate surface area is 147 Å². The number of furan rings is 1. The van der Waals surface area contributed by atoms with E-state index < -0.39 is 15.9 Å². The number of hydrogen-bond donors (Lipinski definition) is 0. The van der Waals surface area contributed by atoms with Crippen LogP contribution >= 0.6 is 0 Å². The zero-order chi connectivity index (χ0) is 18.0. The number of nitrogens with zero attached hydrogens (tertiary/aromatic N) is 3. The lowest BCUT2D eigenvalue weighted by molar-refractivity contribution is -0.133. The lowest BCUT2D eigenvalue weighted by atomic mass is 10.1. The lowest BCUT2D eigenvalue weighted by Gasteiger charge is -2.35. The Kier molecular flexibility index (Phi) is 4.99. The summed E-state index contributed by atoms with van der Waals surface area (Å²) >= 11 is 0. The third-order valence-corrected chi connectivity index (χ3v) is 6.12. The van der Waals surface area contributed by atoms with Gasteiger partial charge in [0, 0.05) is 37.7 Å². The van der Waals surface area contributed by atoms with Gasteiger partial charge < -0.3 is 9.32 Å². The molecule has 0 radical (unpaired) electrons. The van der Waals surface area contributed by atoms with Crippen LogP contribution in [0.2, 0.25) is 0 Å². The monoisotopic (exact) mass is 365 g/mol. The van der Waals surface area contributed by atoms with Gasteiger partial charge in [-0.1, -0.05) is 0 Å². The van der Waals surface area contributed by atoms with Gasteiger partial charge in [-0.2, -0.15) is 5.10 Å². The van der Waals surface area contributed by atoms with Crippen molar-refractivity contribution in [3.8, 4) is 0 Å². The molecule has 0 saturated carbocycles. The van der Waals surface area contributed by atoms with Gasteiger partial charge in [-0.15, -0.1) is 0 Å². The number of aromatic nitrogens is 2. The number of hydrogen-bond acceptors (Lipinski definition) is 5. The summed E-state index contributed by atoms with van der Waals surface area (Å²) in [6.45, 7) is 4.75. The number of sulfone groups is 1. The van der Waals surface area contributed by atoms with Crippen molar-refractivity contribution in [2.75, 3.05) is 18.1 Å². The van der Waals surface area contributed by atoms with Crippen LogP contribution in [0.5, 0.6) is 0 Å². The summed E-state index contributed by atoms with van der Waals surface area (Å²) < 4.78 is 31.4. The van der Waals surface area contributed by atoms with Crippen LogP contribution in [0.1, 0.15) is 36.5 Å². The van der Waals surface area contributed by atoms with E-state index in [4.69, 9.17) is 4.42 Å². The Bertz CT molecular complexity index is 853. The molecule has 8 heteroatoms. The number of carbonyl (C=O) groups excluding carboxylic acids is 1. The Balaban J connectivity index is 1.75. The molecule has 0 N–H and O–H groups in total. The van der Waals surface area contributed by atoms with Gasteiger partial charge in [-0.3, -0.25) is 9.48 Å². The predicted molar refractivity (Wildman–Crippen MR) is 92.8 cm³/mol. The van der Waals surface area contributed by atoms with Crippen LogP contribution in [0.15, 0.2) is 28.9 Å². The fourth-order valence-corrected chi connectivity index (χ4v) is 4.59. The first-order valence-corrected chi connectivity index (χ1v) is 10.3. The molecule has 7 nitrogen and oxygen atoms in total. The fraction of sp³-hybridized carbons (Fsp3) is 0.529. The minimum absolute atomic E-state index is 0.0109. The molecule has 2 aromatic heterocycles. The molecule has 0 aromatic carbocycles. The molecule has 1 atom stereocenters. The molecule has 1 unspecified atom stereocenters. The van der Waals surface area contributed by atoms with Crippen LogP contribution in [0.3, 0.4) is 0 Å². The zero-order valence-corrected chi connectivity index (χ0v) is 15.3. The van der Waals surface area contributed by atoms with Crippen molar-refractivity contribution in [2.24, 2.45) is 0 Å². The van der Waals surface area contributed by atoms with E-state index in [2.05, 4.69) is 5.10 Å². The van der Waals surface area contributed by atoms with E-state index in [0.29, 0.717) is 19.4 Å². The number of amides is 1. The molecule has 1 saturated heterocycles. The van der Waals surface area contributed by atoms with E-state index >= 15 is 0 Å². The van der Waals surface area contributed by atoms with Crippen molar-refractivity contribution in [1.82, 2.24) is 14.7 Å². The quantitative estimate of drug-likeness (QED) is 0.806. The first-order chi connectivity index (χ1) is 11.9. The van der Waals surface area contributed by atoms with Gasteiger partial charge in [0.25, 0.3) is 0 Å². The van der Waals surface area contributed by atoms with E-state index in [9.17, 15) is 13.2 Å². The summed E-state index contributed by atoms with van der Waals surface area (Å²) in [5.41, 5.74) is 0.771. The first kappa shape index (κ1) is 17.7. The molecule has 0 aliphatic carbocycles. The molecule has 1 aliphatic rings. The first-order valence-electron chi connectivity index (χ1n) is 8.45. The highest BCUT2D eigenvalue weighted by Gasteiger charge is 2.35. The molecule has 25 heavy (non-hydrogen) atoms. The van der Waals surface area contributed by atoms with Gasteiger partial charge in [0.2, 0.25) is 5.91 Å². The standard InChI is InChI=1S/C17H23N3O4S/c1-3-19-11-14(10-18-19)16-12-25(22,23)9-8-20(16)17(21)7-6-15-5-4-13(2)24-15/h4-5,10-11,16H,3,6-9,12H2,1-2H3. The Morgan fingerprint density at radius 3 is 2.84 bits per heavy atom. The SMILES string of the molecule is CCn1cc(C2CS(=O)(=O)CCN2C(=O)CCc2ccc(C)o2)cn1. The van der Waals surface area contributed by atoms with Gasteiger partial charge in [0.15, 0.2) is 9.84 Å². The smallest absolute Gasteiger partial charge is 0.223 e. The normalized spacial score (nSPS) is 19.9. The van der Waals surface area contributed by atoms with Crippen LogP contribution in [0.4, 0.5) is 0 Å². The Morgan fingerprint density at radius 1 is 1.40 bits per heavy atom. The molecule has 3 heterocycles. The maximum Gasteiger partial charge on any atom is 0.223 e. The highest BCUT2D eigenvalue weighted by Crippen LogP contribution is 2.27. The minimum Gasteiger partial charge on any atom is -0.466 e. The topological polar surface area (TPSA) is 85.4 Å². The molecule has 2 aromatic rings. The van der Waals surface area contributed by atoms with Gasteiger partial charge >= 0.3 is 0 Å². The summed E-state index contributed by atoms with van der Waals surface area (Å²) in [5, 5.41) is 4.22. The highest BCUT2D eigenvalue weighted by molar-refractivity contribution is 7.91. The van der Waals surface area contributed by atoms with Crippen molar-refractivity contribution in [3.05, 3.63) is 41.6 Å². The van der Waals surface area contributed by atoms with Crippen molar-refractivity contribution in [2.45, 2.75) is 39.3 Å². The molecule has 0 bridgehead atoms. The number of aryl methyl sites for hydroxylation is 3. The van der Waals surface area contributed by atoms with Gasteiger partial charge in [-0.25, -0.2) is 8.42 Å². The second-order valence-corrected chi connectivity index (χ2v) is 8.59. The van der Waals surface area contributed by atoms with Gasteiger partial charge in [0.05, 0.1) is 23.7 Å². The van der Waals surface area contributed by atoms with Crippen molar-refractivity contribution < 1.29 is 17.6 Å². The fourth-order valence-electron chi connectivity index (χ4n) is 3.10. The average molecular weight is 365 g/mol. The highest BCUT2D eigenvalue weighted by atomic mass is 32.2. The average Bonchev–Trinajstić information content (AvgIpc) is 3.20. The van der Waals surface area contributed by atoms with E-state index in [-0.39, 0.29) is 24.0 Å². The molecular formula is C17H23N3O4S. The van der Waals surface area contributed by atoms with E-state index in [1.165, 1.54) is 0 Å². The predicted octanol–water partition coefficient (Wildman–Crippen LogP) is 1.74. The van der Waals surface area contributed by atoms with E-state index in [1.54, 1.807) is 15.8 Å². The van der Waals surface area contributed by atoms with Crippen LogP contribution in [0, 0.1) is 6.92 Å². The second-order valence-electron chi connectivity index (χ2n) is 6.36. The maximum atomic E-state index is 12.7. The number of rotatable bonds is 5. The van der Waals surface area contributed by atoms with Crippen LogP contribution < -0.4 is 0 Å². The van der Waals surface area contributed by atoms with Crippen LogP contribution in [0.25, 0.3) is 0 Å². The maximum absolute atomic E-state index is 12.7. The Hall–Kier alpha value is -2.09. The van der Waals surface area contributed by atoms with Crippen molar-refractivity contribution in [1.29, 1.82) is 0 Å². The molecule has 1 aliphatic heterocycles. The van der Waals surface area contributed by atoms with Gasteiger partial charge in [-0.05, 0) is 26.0 Å². The molecule has 1 fully saturated rings. The summed E-state index contributed by atoms with van der Waals surface area (Å²) in [4.78, 5) is 14.4. The zero-order valence-electron chi connectivity index (χ0n) is 14.5. The largest absolute Gasteiger partial charge is 0.466 e. The van der Waals surface area contributed by atoms with Crippen molar-refractivity contribution in [3.63, 3.8) is 0 Å².